The number of hydrogen-bond acceptors (Lipinski definition) is 4. The third kappa shape index (κ3) is 3.20. The molecule has 2 atom stereocenters. The quantitative estimate of drug-likeness (QED) is 0.847. The fraction of sp³-hybridized carbons (Fsp3) is 0.417. The van der Waals surface area contributed by atoms with Gasteiger partial charge in [-0.1, -0.05) is 0 Å². The summed E-state index contributed by atoms with van der Waals surface area (Å²) in [5.74, 6) is -1.11. The lowest BCUT2D eigenvalue weighted by Gasteiger charge is -2.17. The zero-order valence-corrected chi connectivity index (χ0v) is 13.1. The molecule has 0 aromatic heterocycles. The summed E-state index contributed by atoms with van der Waals surface area (Å²) >= 11 is 3.10. The molecule has 1 aromatic rings. The van der Waals surface area contributed by atoms with Crippen molar-refractivity contribution in [3.8, 4) is 0 Å². The van der Waals surface area contributed by atoms with E-state index in [1.54, 1.807) is 0 Å². The summed E-state index contributed by atoms with van der Waals surface area (Å²) in [6.45, 7) is 2.33. The van der Waals surface area contributed by atoms with Crippen molar-refractivity contribution in [1.29, 1.82) is 0 Å². The van der Waals surface area contributed by atoms with E-state index in [1.807, 2.05) is 6.92 Å². The highest BCUT2D eigenvalue weighted by Crippen LogP contribution is 2.25. The number of carbonyl (C=O) groups is 1. The molecule has 1 heterocycles. The highest BCUT2D eigenvalue weighted by atomic mass is 79.9. The van der Waals surface area contributed by atoms with Crippen LogP contribution < -0.4 is 4.72 Å². The smallest absolute Gasteiger partial charge is 0.335 e. The van der Waals surface area contributed by atoms with E-state index < -0.39 is 16.0 Å². The van der Waals surface area contributed by atoms with Gasteiger partial charge in [-0.25, -0.2) is 17.9 Å². The first-order chi connectivity index (χ1) is 9.31. The molecule has 2 N–H and O–H groups in total. The molecule has 0 radical (unpaired) electrons. The minimum Gasteiger partial charge on any atom is -0.478 e. The summed E-state index contributed by atoms with van der Waals surface area (Å²) in [5.41, 5.74) is 0.0217. The Balaban J connectivity index is 2.27. The van der Waals surface area contributed by atoms with Gasteiger partial charge < -0.3 is 9.84 Å². The maximum Gasteiger partial charge on any atom is 0.335 e. The third-order valence-electron chi connectivity index (χ3n) is 3.15. The summed E-state index contributed by atoms with van der Waals surface area (Å²) < 4.78 is 32.7. The molecule has 1 aliphatic rings. The average molecular weight is 364 g/mol. The Labute approximate surface area is 125 Å². The average Bonchev–Trinajstić information content (AvgIpc) is 2.73. The van der Waals surface area contributed by atoms with Gasteiger partial charge in [-0.15, -0.1) is 0 Å². The van der Waals surface area contributed by atoms with Crippen LogP contribution >= 0.6 is 15.9 Å². The van der Waals surface area contributed by atoms with Crippen molar-refractivity contribution in [3.05, 3.63) is 28.2 Å². The Kier molecular flexibility index (Phi) is 4.48. The molecule has 110 valence electrons. The summed E-state index contributed by atoms with van der Waals surface area (Å²) in [4.78, 5) is 10.8. The van der Waals surface area contributed by atoms with Gasteiger partial charge in [-0.2, -0.15) is 0 Å². The van der Waals surface area contributed by atoms with Gasteiger partial charge in [0.25, 0.3) is 0 Å². The van der Waals surface area contributed by atoms with Gasteiger partial charge in [-0.05, 0) is 47.5 Å². The number of halogens is 1. The molecule has 6 nitrogen and oxygen atoms in total. The number of carboxylic acid groups (broad SMARTS) is 1. The highest BCUT2D eigenvalue weighted by molar-refractivity contribution is 9.10. The normalized spacial score (nSPS) is 22.9. The Morgan fingerprint density at radius 3 is 2.70 bits per heavy atom. The molecule has 8 heteroatoms. The summed E-state index contributed by atoms with van der Waals surface area (Å²) in [6.07, 6.45) is 0.437. The van der Waals surface area contributed by atoms with Crippen LogP contribution in [-0.2, 0) is 14.8 Å². The minimum absolute atomic E-state index is 0.0154. The number of ether oxygens (including phenoxy) is 1. The van der Waals surface area contributed by atoms with E-state index in [1.165, 1.54) is 18.2 Å². The van der Waals surface area contributed by atoms with Crippen molar-refractivity contribution >= 4 is 31.9 Å². The Morgan fingerprint density at radius 2 is 2.20 bits per heavy atom. The zero-order valence-electron chi connectivity index (χ0n) is 10.7. The van der Waals surface area contributed by atoms with E-state index >= 15 is 0 Å². The molecule has 0 saturated carbocycles. The van der Waals surface area contributed by atoms with E-state index in [4.69, 9.17) is 9.84 Å². The lowest BCUT2D eigenvalue weighted by Crippen LogP contribution is -2.39. The maximum absolute atomic E-state index is 12.3. The molecule has 2 rings (SSSR count). The van der Waals surface area contributed by atoms with E-state index in [-0.39, 0.29) is 27.1 Å². The van der Waals surface area contributed by atoms with E-state index in [9.17, 15) is 13.2 Å². The molecular weight excluding hydrogens is 350 g/mol. The first-order valence-corrected chi connectivity index (χ1v) is 8.25. The van der Waals surface area contributed by atoms with Crippen LogP contribution in [0, 0.1) is 0 Å². The molecule has 1 fully saturated rings. The monoisotopic (exact) mass is 363 g/mol. The molecule has 20 heavy (non-hydrogen) atoms. The van der Waals surface area contributed by atoms with Crippen molar-refractivity contribution in [3.63, 3.8) is 0 Å². The van der Waals surface area contributed by atoms with Crippen molar-refractivity contribution in [1.82, 2.24) is 4.72 Å². The van der Waals surface area contributed by atoms with Gasteiger partial charge in [0.05, 0.1) is 22.6 Å². The molecule has 1 aliphatic heterocycles. The van der Waals surface area contributed by atoms with Crippen LogP contribution in [0.15, 0.2) is 27.6 Å². The maximum atomic E-state index is 12.3. The largest absolute Gasteiger partial charge is 0.478 e. The molecule has 1 saturated heterocycles. The highest BCUT2D eigenvalue weighted by Gasteiger charge is 2.30. The van der Waals surface area contributed by atoms with Crippen LogP contribution in [0.3, 0.4) is 0 Å². The van der Waals surface area contributed by atoms with Crippen molar-refractivity contribution < 1.29 is 23.1 Å². The van der Waals surface area contributed by atoms with Crippen LogP contribution in [0.1, 0.15) is 23.7 Å². The molecule has 0 amide bonds. The first-order valence-electron chi connectivity index (χ1n) is 5.98. The Morgan fingerprint density at radius 1 is 1.50 bits per heavy atom. The van der Waals surface area contributed by atoms with E-state index in [0.717, 1.165) is 0 Å². The summed E-state index contributed by atoms with van der Waals surface area (Å²) in [6, 6.07) is 3.53. The topological polar surface area (TPSA) is 92.7 Å². The fourth-order valence-corrected chi connectivity index (χ4v) is 4.42. The van der Waals surface area contributed by atoms with Gasteiger partial charge in [0.1, 0.15) is 0 Å². The van der Waals surface area contributed by atoms with E-state index in [2.05, 4.69) is 20.7 Å². The fourth-order valence-electron chi connectivity index (χ4n) is 2.00. The van der Waals surface area contributed by atoms with Gasteiger partial charge in [0, 0.05) is 11.1 Å². The summed E-state index contributed by atoms with van der Waals surface area (Å²) in [5, 5.41) is 8.87. The molecule has 1 aromatic carbocycles. The lowest BCUT2D eigenvalue weighted by atomic mass is 10.2. The van der Waals surface area contributed by atoms with Crippen LogP contribution in [0.5, 0.6) is 0 Å². The number of nitrogens with one attached hydrogen (secondary N) is 1. The van der Waals surface area contributed by atoms with E-state index in [0.29, 0.717) is 13.0 Å². The number of carboxylic acids is 1. The Bertz CT molecular complexity index is 631. The number of rotatable bonds is 4. The van der Waals surface area contributed by atoms with Crippen LogP contribution in [0.2, 0.25) is 0 Å². The molecule has 2 unspecified atom stereocenters. The van der Waals surface area contributed by atoms with Gasteiger partial charge in [0.15, 0.2) is 0 Å². The third-order valence-corrected chi connectivity index (χ3v) is 5.62. The number of aromatic carboxylic acids is 1. The molecule has 0 bridgehead atoms. The molecular formula is C12H14BrNO5S. The predicted molar refractivity (Wildman–Crippen MR) is 75.2 cm³/mol. The van der Waals surface area contributed by atoms with Crippen molar-refractivity contribution in [2.24, 2.45) is 0 Å². The second-order valence-electron chi connectivity index (χ2n) is 4.54. The van der Waals surface area contributed by atoms with Crippen molar-refractivity contribution in [2.75, 3.05) is 6.61 Å². The molecule has 0 aliphatic carbocycles. The standard InChI is InChI=1S/C12H14BrNO5S/c1-7-10(4-5-19-7)14-20(17,18)11-3-2-8(12(15)16)6-9(11)13/h2-3,6-7,10,14H,4-5H2,1H3,(H,15,16). The summed E-state index contributed by atoms with van der Waals surface area (Å²) in [7, 11) is -3.72. The predicted octanol–water partition coefficient (Wildman–Crippen LogP) is 1.60. The number of benzene rings is 1. The van der Waals surface area contributed by atoms with Crippen LogP contribution in [0.25, 0.3) is 0 Å². The van der Waals surface area contributed by atoms with Crippen molar-refractivity contribution in [2.45, 2.75) is 30.4 Å². The lowest BCUT2D eigenvalue weighted by molar-refractivity contribution is 0.0696. The first kappa shape index (κ1) is 15.4. The van der Waals surface area contributed by atoms with Crippen LogP contribution in [0.4, 0.5) is 0 Å². The Hall–Kier alpha value is -0.960. The van der Waals surface area contributed by atoms with Gasteiger partial charge >= 0.3 is 5.97 Å². The number of hydrogen-bond donors (Lipinski definition) is 2. The zero-order chi connectivity index (χ0) is 14.9. The van der Waals surface area contributed by atoms with Crippen LogP contribution in [-0.4, -0.2) is 38.2 Å². The van der Waals surface area contributed by atoms with Gasteiger partial charge in [-0.3, -0.25) is 0 Å². The minimum atomic E-state index is -3.72. The SMILES string of the molecule is CC1OCCC1NS(=O)(=O)c1ccc(C(=O)O)cc1Br. The molecule has 0 spiro atoms. The second-order valence-corrected chi connectivity index (χ2v) is 7.08. The number of sulfonamides is 1. The second kappa shape index (κ2) is 5.80. The van der Waals surface area contributed by atoms with Gasteiger partial charge in [0.2, 0.25) is 10.0 Å².